The second kappa shape index (κ2) is 13.4. The van der Waals surface area contributed by atoms with Crippen LogP contribution in [0.3, 0.4) is 0 Å². The molecule has 7 nitrogen and oxygen atoms in total. The van der Waals surface area contributed by atoms with Gasteiger partial charge in [0.1, 0.15) is 16.9 Å². The van der Waals surface area contributed by atoms with Crippen molar-refractivity contribution in [2.24, 2.45) is 0 Å². The molecule has 0 fully saturated rings. The van der Waals surface area contributed by atoms with Crippen molar-refractivity contribution < 1.29 is 24.2 Å². The Bertz CT molecular complexity index is 1320. The van der Waals surface area contributed by atoms with E-state index in [0.29, 0.717) is 18.0 Å². The van der Waals surface area contributed by atoms with Gasteiger partial charge in [0.25, 0.3) is 5.91 Å². The minimum absolute atomic E-state index is 0.509. The third kappa shape index (κ3) is 8.58. The van der Waals surface area contributed by atoms with Crippen molar-refractivity contribution in [3.63, 3.8) is 0 Å². The maximum Gasteiger partial charge on any atom is 0.411 e. The number of anilines is 1. The van der Waals surface area contributed by atoms with Crippen molar-refractivity contribution in [3.05, 3.63) is 83.9 Å². The SMILES string of the molecule is CCc1ccc(-c2ccc(CCOc3ccc(NC(=O)[C@](C)(CO)N(C(=O)OC(C)(C)C)C(C)(C)C)cc3)cc2)cc1. The van der Waals surface area contributed by atoms with E-state index in [1.165, 1.54) is 34.1 Å². The van der Waals surface area contributed by atoms with Crippen LogP contribution < -0.4 is 10.1 Å². The minimum Gasteiger partial charge on any atom is -0.493 e. The van der Waals surface area contributed by atoms with Crippen LogP contribution in [0.1, 0.15) is 66.5 Å². The average molecular weight is 575 g/mol. The first-order chi connectivity index (χ1) is 19.7. The van der Waals surface area contributed by atoms with E-state index in [2.05, 4.69) is 60.8 Å². The summed E-state index contributed by atoms with van der Waals surface area (Å²) in [6, 6.07) is 24.2. The van der Waals surface area contributed by atoms with E-state index in [1.807, 2.05) is 0 Å². The molecule has 0 bridgehead atoms. The van der Waals surface area contributed by atoms with E-state index in [-0.39, 0.29) is 0 Å². The van der Waals surface area contributed by atoms with E-state index in [1.54, 1.807) is 65.8 Å². The van der Waals surface area contributed by atoms with Gasteiger partial charge in [-0.1, -0.05) is 55.5 Å². The zero-order chi connectivity index (χ0) is 31.1. The van der Waals surface area contributed by atoms with E-state index in [4.69, 9.17) is 9.47 Å². The molecule has 3 aromatic rings. The molecular formula is C35H46N2O5. The molecule has 0 saturated carbocycles. The number of nitrogens with zero attached hydrogens (tertiary/aromatic N) is 1. The average Bonchev–Trinajstić information content (AvgIpc) is 2.92. The summed E-state index contributed by atoms with van der Waals surface area (Å²) in [5.74, 6) is 0.153. The molecule has 0 spiro atoms. The van der Waals surface area contributed by atoms with Gasteiger partial charge in [-0.05, 0) is 101 Å². The number of aliphatic hydroxyl groups excluding tert-OH is 1. The lowest BCUT2D eigenvalue weighted by molar-refractivity contribution is -0.134. The minimum atomic E-state index is -1.57. The third-order valence-electron chi connectivity index (χ3n) is 6.96. The summed E-state index contributed by atoms with van der Waals surface area (Å²) < 4.78 is 11.5. The first kappa shape index (κ1) is 32.7. The van der Waals surface area contributed by atoms with Crippen LogP contribution in [0.25, 0.3) is 11.1 Å². The number of hydrogen-bond donors (Lipinski definition) is 2. The van der Waals surface area contributed by atoms with Gasteiger partial charge in [-0.15, -0.1) is 0 Å². The molecule has 0 radical (unpaired) electrons. The highest BCUT2D eigenvalue weighted by atomic mass is 16.6. The molecule has 0 saturated heterocycles. The summed E-state index contributed by atoms with van der Waals surface area (Å²) in [5, 5.41) is 13.1. The number of amides is 2. The van der Waals surface area contributed by atoms with Gasteiger partial charge in [-0.2, -0.15) is 0 Å². The van der Waals surface area contributed by atoms with Gasteiger partial charge in [-0.3, -0.25) is 9.69 Å². The zero-order valence-electron chi connectivity index (χ0n) is 26.3. The summed E-state index contributed by atoms with van der Waals surface area (Å²) in [5.41, 5.74) is 2.31. The Morgan fingerprint density at radius 2 is 1.31 bits per heavy atom. The topological polar surface area (TPSA) is 88.1 Å². The van der Waals surface area contributed by atoms with Crippen molar-refractivity contribution in [2.45, 2.75) is 84.9 Å². The highest BCUT2D eigenvalue weighted by molar-refractivity contribution is 6.00. The number of aryl methyl sites for hydroxylation is 1. The number of aliphatic hydroxyl groups is 1. The van der Waals surface area contributed by atoms with Crippen LogP contribution in [0.15, 0.2) is 72.8 Å². The quantitative estimate of drug-likeness (QED) is 0.266. The van der Waals surface area contributed by atoms with E-state index >= 15 is 0 Å². The molecule has 0 aromatic heterocycles. The van der Waals surface area contributed by atoms with Crippen LogP contribution in [-0.2, 0) is 22.4 Å². The predicted molar refractivity (Wildman–Crippen MR) is 169 cm³/mol. The Morgan fingerprint density at radius 3 is 1.76 bits per heavy atom. The maximum atomic E-state index is 13.4. The van der Waals surface area contributed by atoms with Crippen LogP contribution in [0.2, 0.25) is 0 Å². The lowest BCUT2D eigenvalue weighted by atomic mass is 9.92. The molecule has 2 amide bonds. The van der Waals surface area contributed by atoms with Crippen molar-refractivity contribution >= 4 is 17.7 Å². The van der Waals surface area contributed by atoms with Crippen molar-refractivity contribution in [1.29, 1.82) is 0 Å². The molecule has 7 heteroatoms. The van der Waals surface area contributed by atoms with Crippen LogP contribution in [0.4, 0.5) is 10.5 Å². The highest BCUT2D eigenvalue weighted by Crippen LogP contribution is 2.30. The number of hydrogen-bond acceptors (Lipinski definition) is 5. The lowest BCUT2D eigenvalue weighted by Gasteiger charge is -2.46. The highest BCUT2D eigenvalue weighted by Gasteiger charge is 2.48. The molecule has 3 rings (SSSR count). The zero-order valence-corrected chi connectivity index (χ0v) is 26.3. The lowest BCUT2D eigenvalue weighted by Crippen LogP contribution is -2.66. The molecular weight excluding hydrogens is 528 g/mol. The summed E-state index contributed by atoms with van der Waals surface area (Å²) in [7, 11) is 0. The molecule has 2 N–H and O–H groups in total. The molecule has 0 unspecified atom stereocenters. The smallest absolute Gasteiger partial charge is 0.411 e. The second-order valence-corrected chi connectivity index (χ2v) is 12.7. The molecule has 226 valence electrons. The fourth-order valence-electron chi connectivity index (χ4n) is 4.75. The van der Waals surface area contributed by atoms with Gasteiger partial charge in [-0.25, -0.2) is 4.79 Å². The summed E-state index contributed by atoms with van der Waals surface area (Å²) in [6.45, 7) is 14.3. The Labute approximate surface area is 250 Å². The van der Waals surface area contributed by atoms with Gasteiger partial charge in [0.15, 0.2) is 0 Å². The maximum absolute atomic E-state index is 13.4. The van der Waals surface area contributed by atoms with Gasteiger partial charge in [0.05, 0.1) is 13.2 Å². The van der Waals surface area contributed by atoms with Gasteiger partial charge in [0.2, 0.25) is 0 Å². The summed E-state index contributed by atoms with van der Waals surface area (Å²) in [4.78, 5) is 27.8. The van der Waals surface area contributed by atoms with Crippen LogP contribution in [0, 0.1) is 0 Å². The number of benzene rings is 3. The summed E-state index contributed by atoms with van der Waals surface area (Å²) >= 11 is 0. The van der Waals surface area contributed by atoms with E-state index < -0.39 is 35.3 Å². The molecule has 1 atom stereocenters. The fraction of sp³-hybridized carbons (Fsp3) is 0.429. The van der Waals surface area contributed by atoms with Crippen molar-refractivity contribution in [1.82, 2.24) is 4.90 Å². The van der Waals surface area contributed by atoms with Crippen LogP contribution in [-0.4, -0.2) is 51.9 Å². The normalized spacial score (nSPS) is 13.2. The van der Waals surface area contributed by atoms with Crippen LogP contribution in [0.5, 0.6) is 5.75 Å². The largest absolute Gasteiger partial charge is 0.493 e. The third-order valence-corrected chi connectivity index (χ3v) is 6.96. The molecule has 42 heavy (non-hydrogen) atoms. The first-order valence-corrected chi connectivity index (χ1v) is 14.5. The Hall–Kier alpha value is -3.84. The van der Waals surface area contributed by atoms with E-state index in [9.17, 15) is 14.7 Å². The Balaban J connectivity index is 1.59. The monoisotopic (exact) mass is 574 g/mol. The number of nitrogens with one attached hydrogen (secondary N) is 1. The molecule has 0 aliphatic heterocycles. The predicted octanol–water partition coefficient (Wildman–Crippen LogP) is 7.26. The number of ether oxygens (including phenoxy) is 2. The second-order valence-electron chi connectivity index (χ2n) is 12.7. The number of carbonyl (C=O) groups excluding carboxylic acids is 2. The van der Waals surface area contributed by atoms with Crippen molar-refractivity contribution in [2.75, 3.05) is 18.5 Å². The van der Waals surface area contributed by atoms with Gasteiger partial charge >= 0.3 is 6.09 Å². The van der Waals surface area contributed by atoms with Crippen LogP contribution >= 0.6 is 0 Å². The van der Waals surface area contributed by atoms with E-state index in [0.717, 1.165) is 12.8 Å². The number of carbonyl (C=O) groups is 2. The Kier molecular flexibility index (Phi) is 10.4. The van der Waals surface area contributed by atoms with Gasteiger partial charge in [0, 0.05) is 17.6 Å². The number of rotatable bonds is 10. The summed E-state index contributed by atoms with van der Waals surface area (Å²) in [6.07, 6.45) is 1.12. The molecule has 0 aliphatic carbocycles. The fourth-order valence-corrected chi connectivity index (χ4v) is 4.75. The van der Waals surface area contributed by atoms with Crippen molar-refractivity contribution in [3.8, 4) is 16.9 Å². The molecule has 0 aliphatic rings. The Morgan fingerprint density at radius 1 is 0.786 bits per heavy atom. The first-order valence-electron chi connectivity index (χ1n) is 14.5. The van der Waals surface area contributed by atoms with Gasteiger partial charge < -0.3 is 19.9 Å². The standard InChI is InChI=1S/C35H46N2O5/c1-9-25-10-14-27(15-11-25)28-16-12-26(13-17-28)22-23-41-30-20-18-29(19-21-30)36-31(39)35(8,24-38)37(33(2,3)4)32(40)42-34(5,6)7/h10-21,38H,9,22-24H2,1-8H3,(H,36,39)/t35-/m0/s1. The molecule has 3 aromatic carbocycles. The molecule has 0 heterocycles.